The van der Waals surface area contributed by atoms with Gasteiger partial charge in [0.15, 0.2) is 0 Å². The Kier molecular flexibility index (Phi) is 14.0. The predicted octanol–water partition coefficient (Wildman–Crippen LogP) is 22.7. The van der Waals surface area contributed by atoms with Crippen LogP contribution in [0.4, 0.5) is 0 Å². The maximum absolute atomic E-state index is 5.33. The Morgan fingerprint density at radius 3 is 1.15 bits per heavy atom. The van der Waals surface area contributed by atoms with Crippen molar-refractivity contribution in [1.82, 2.24) is 43.2 Å². The van der Waals surface area contributed by atoms with E-state index in [1.807, 2.05) is 73.3 Å². The normalized spacial score (nSPS) is 11.6. The number of benzene rings is 11. The summed E-state index contributed by atoms with van der Waals surface area (Å²) >= 11 is 0. The van der Waals surface area contributed by atoms with Crippen LogP contribution in [0, 0.1) is 0 Å². The van der Waals surface area contributed by atoms with E-state index in [9.17, 15) is 0 Å². The summed E-state index contributed by atoms with van der Waals surface area (Å²) in [4.78, 5) is 24.4. The molecule has 0 saturated carbocycles. The molecule has 11 aromatic carbocycles. The number of rotatable bonds is 10. The monoisotopic (exact) mass is 1280 g/mol. The van der Waals surface area contributed by atoms with Gasteiger partial charge >= 0.3 is 0 Å². The predicted molar refractivity (Wildman–Crippen MR) is 412 cm³/mol. The minimum Gasteiger partial charge on any atom is -0.309 e. The fourth-order valence-corrected chi connectivity index (χ4v) is 15.0. The van der Waals surface area contributed by atoms with Crippen molar-refractivity contribution in [3.8, 4) is 90.0 Å². The smallest absolute Gasteiger partial charge is 0.145 e. The van der Waals surface area contributed by atoms with Crippen LogP contribution in [0.15, 0.2) is 358 Å². The molecular formula is C91H59N9. The fourth-order valence-electron chi connectivity index (χ4n) is 15.0. The number of fused-ring (bicyclic) bond motifs is 12. The zero-order valence-corrected chi connectivity index (χ0v) is 54.1. The Hall–Kier alpha value is -13.6. The molecule has 0 amide bonds. The van der Waals surface area contributed by atoms with E-state index in [2.05, 4.69) is 303 Å². The molecule has 9 heteroatoms. The van der Waals surface area contributed by atoms with Crippen molar-refractivity contribution in [2.45, 2.75) is 0 Å². The quantitative estimate of drug-likeness (QED) is 0.136. The number of aromatic nitrogens is 9. The molecule has 20 rings (SSSR count). The van der Waals surface area contributed by atoms with Gasteiger partial charge in [-0.05, 0) is 185 Å². The number of hydrogen-bond donors (Lipinski definition) is 0. The van der Waals surface area contributed by atoms with Gasteiger partial charge in [0.05, 0.1) is 50.2 Å². The molecule has 0 saturated heterocycles. The van der Waals surface area contributed by atoms with Crippen molar-refractivity contribution in [3.63, 3.8) is 0 Å². The molecular weight excluding hydrogens is 1220 g/mol. The number of hydrogen-bond acceptors (Lipinski definition) is 5. The Morgan fingerprint density at radius 1 is 0.200 bits per heavy atom. The zero-order chi connectivity index (χ0) is 66.0. The Morgan fingerprint density at radius 2 is 0.630 bits per heavy atom. The third-order valence-corrected chi connectivity index (χ3v) is 19.4. The van der Waals surface area contributed by atoms with E-state index >= 15 is 0 Å². The first kappa shape index (κ1) is 57.8. The van der Waals surface area contributed by atoms with Crippen LogP contribution in [0.5, 0.6) is 0 Å². The summed E-state index contributed by atoms with van der Waals surface area (Å²) in [6.45, 7) is 0. The van der Waals surface area contributed by atoms with E-state index in [0.29, 0.717) is 0 Å². The van der Waals surface area contributed by atoms with E-state index in [-0.39, 0.29) is 0 Å². The largest absolute Gasteiger partial charge is 0.309 e. The highest BCUT2D eigenvalue weighted by atomic mass is 15.1. The van der Waals surface area contributed by atoms with Gasteiger partial charge in [-0.25, -0.2) is 15.0 Å². The average molecular weight is 1280 g/mol. The topological polar surface area (TPSA) is 84.2 Å². The van der Waals surface area contributed by atoms with Crippen LogP contribution in [0.25, 0.3) is 178 Å². The van der Waals surface area contributed by atoms with Gasteiger partial charge in [-0.3, -0.25) is 23.7 Å². The Balaban J connectivity index is 0.000000139. The number of para-hydroxylation sites is 4. The summed E-state index contributed by atoms with van der Waals surface area (Å²) in [6, 6.07) is 118. The lowest BCUT2D eigenvalue weighted by Crippen LogP contribution is -2.00. The van der Waals surface area contributed by atoms with E-state index in [1.54, 1.807) is 0 Å². The second-order valence-electron chi connectivity index (χ2n) is 25.2. The fraction of sp³-hybridized carbons (Fsp3) is 0. The van der Waals surface area contributed by atoms with Gasteiger partial charge in [0.2, 0.25) is 0 Å². The van der Waals surface area contributed by atoms with Crippen LogP contribution < -0.4 is 0 Å². The first-order valence-corrected chi connectivity index (χ1v) is 33.7. The molecule has 0 bridgehead atoms. The van der Waals surface area contributed by atoms with Gasteiger partial charge in [-0.1, -0.05) is 182 Å². The van der Waals surface area contributed by atoms with Gasteiger partial charge < -0.3 is 4.57 Å². The van der Waals surface area contributed by atoms with E-state index in [0.717, 1.165) is 129 Å². The molecule has 0 aliphatic heterocycles. The molecule has 0 radical (unpaired) electrons. The molecule has 0 N–H and O–H groups in total. The minimum atomic E-state index is 0.890. The molecule has 100 heavy (non-hydrogen) atoms. The Bertz CT molecular complexity index is 5980. The third kappa shape index (κ3) is 9.82. The standard InChI is InChI=1S/C46H30N4.C45H29N5/c1-4-14-31(15-5-1)34-29-40(32-16-6-2-7-17-32)48-44(30-34)50-41-23-11-10-20-38(41)45-36(21-12-24-43(45)50)33-25-26-42-39(28-33)37-22-13-27-47-46(37)49(42)35-18-8-3-9-19-35;1-2-12-33(13-3-1)50-42-22-21-30(29-38(42)36-16-11-25-48-45(36)50)35-15-10-20-43-44(35)37-14-4-5-19-41(37)49(43)34-27-31(39-17-6-8-23-46-39)26-32(28-34)40-18-7-9-24-47-40/h1-30H;1-29H. The summed E-state index contributed by atoms with van der Waals surface area (Å²) in [5.41, 5.74) is 24.9. The highest BCUT2D eigenvalue weighted by molar-refractivity contribution is 6.19. The maximum atomic E-state index is 5.33. The van der Waals surface area contributed by atoms with Gasteiger partial charge in [0, 0.05) is 102 Å². The highest BCUT2D eigenvalue weighted by Gasteiger charge is 2.23. The summed E-state index contributed by atoms with van der Waals surface area (Å²) in [5, 5.41) is 9.46. The van der Waals surface area contributed by atoms with Crippen LogP contribution in [-0.4, -0.2) is 43.2 Å². The van der Waals surface area contributed by atoms with Crippen molar-refractivity contribution in [2.24, 2.45) is 0 Å². The van der Waals surface area contributed by atoms with Crippen LogP contribution in [0.1, 0.15) is 0 Å². The van der Waals surface area contributed by atoms with Crippen LogP contribution in [-0.2, 0) is 0 Å². The van der Waals surface area contributed by atoms with Crippen LogP contribution in [0.2, 0.25) is 0 Å². The van der Waals surface area contributed by atoms with E-state index in [4.69, 9.17) is 24.9 Å². The Labute approximate surface area is 575 Å². The van der Waals surface area contributed by atoms with Crippen molar-refractivity contribution in [2.75, 3.05) is 0 Å². The lowest BCUT2D eigenvalue weighted by molar-refractivity contribution is 1.08. The molecule has 9 nitrogen and oxygen atoms in total. The molecule has 0 atom stereocenters. The average Bonchev–Trinajstić information content (AvgIpc) is 1.58. The second-order valence-corrected chi connectivity index (χ2v) is 25.2. The summed E-state index contributed by atoms with van der Waals surface area (Å²) < 4.78 is 9.23. The van der Waals surface area contributed by atoms with Gasteiger partial charge in [0.25, 0.3) is 0 Å². The van der Waals surface area contributed by atoms with Crippen LogP contribution >= 0.6 is 0 Å². The lowest BCUT2D eigenvalue weighted by Gasteiger charge is -2.13. The van der Waals surface area contributed by atoms with Gasteiger partial charge in [-0.15, -0.1) is 0 Å². The van der Waals surface area contributed by atoms with Crippen molar-refractivity contribution in [1.29, 1.82) is 0 Å². The molecule has 0 aliphatic carbocycles. The zero-order valence-electron chi connectivity index (χ0n) is 54.1. The van der Waals surface area contributed by atoms with Gasteiger partial charge in [0.1, 0.15) is 17.1 Å². The second kappa shape index (κ2) is 24.2. The molecule has 468 valence electrons. The molecule has 0 aliphatic rings. The molecule has 9 heterocycles. The van der Waals surface area contributed by atoms with Crippen molar-refractivity contribution >= 4 is 87.5 Å². The first-order valence-electron chi connectivity index (χ1n) is 33.7. The number of pyridine rings is 5. The maximum Gasteiger partial charge on any atom is 0.145 e. The summed E-state index contributed by atoms with van der Waals surface area (Å²) in [7, 11) is 0. The molecule has 0 spiro atoms. The van der Waals surface area contributed by atoms with E-state index < -0.39 is 0 Å². The third-order valence-electron chi connectivity index (χ3n) is 19.4. The molecule has 0 fully saturated rings. The minimum absolute atomic E-state index is 0.890. The first-order chi connectivity index (χ1) is 49.6. The SMILES string of the molecule is c1ccc(-c2cc(-c3ccccc3)nc(-n3c4ccccc4c4c(-c5ccc6c(c5)c5cccnc5n6-c5ccccc5)cccc43)c2)cc1.c1ccc(-n2c3ccc(-c4cccc5c4c4ccccc4n5-c4cc(-c5ccccn5)cc(-c5ccccn5)c4)cc3c3cccnc32)cc1. The van der Waals surface area contributed by atoms with E-state index in [1.165, 1.54) is 49.0 Å². The molecule has 20 aromatic rings. The summed E-state index contributed by atoms with van der Waals surface area (Å²) in [5.74, 6) is 0.890. The van der Waals surface area contributed by atoms with Gasteiger partial charge in [-0.2, -0.15) is 0 Å². The number of nitrogens with zero attached hydrogens (tertiary/aromatic N) is 9. The summed E-state index contributed by atoms with van der Waals surface area (Å²) in [6.07, 6.45) is 7.44. The van der Waals surface area contributed by atoms with Crippen molar-refractivity contribution in [3.05, 3.63) is 358 Å². The molecule has 9 aromatic heterocycles. The lowest BCUT2D eigenvalue weighted by atomic mass is 9.98. The van der Waals surface area contributed by atoms with Crippen molar-refractivity contribution < 1.29 is 0 Å². The highest BCUT2D eigenvalue weighted by Crippen LogP contribution is 2.45. The van der Waals surface area contributed by atoms with Crippen LogP contribution in [0.3, 0.4) is 0 Å². The molecule has 0 unspecified atom stereocenters.